The van der Waals surface area contributed by atoms with Gasteiger partial charge in [0, 0.05) is 17.1 Å². The SMILES string of the molecule is CS.Cc1c(C2(c3ccccc3)c3ccccc3-c3ccc4ccc(N(C5=CC=CNC5)c5cccc(-c6ccccc6)c5)cc4c32)ccc2ccccc12. The number of hydrogen-bond donors (Lipinski definition) is 2. The van der Waals surface area contributed by atoms with Gasteiger partial charge in [0.05, 0.1) is 12.0 Å². The van der Waals surface area contributed by atoms with Gasteiger partial charge in [-0.2, -0.15) is 12.6 Å². The van der Waals surface area contributed by atoms with Gasteiger partial charge in [-0.05, 0) is 127 Å². The Kier molecular flexibility index (Phi) is 9.09. The second kappa shape index (κ2) is 14.5. The number of hydrogen-bond acceptors (Lipinski definition) is 3. The number of rotatable bonds is 6. The van der Waals surface area contributed by atoms with Gasteiger partial charge >= 0.3 is 0 Å². The van der Waals surface area contributed by atoms with Crippen molar-refractivity contribution in [3.63, 3.8) is 0 Å². The van der Waals surface area contributed by atoms with Crippen LogP contribution in [0.5, 0.6) is 0 Å². The van der Waals surface area contributed by atoms with Crippen LogP contribution >= 0.6 is 12.6 Å². The van der Waals surface area contributed by atoms with Gasteiger partial charge in [0.15, 0.2) is 0 Å². The summed E-state index contributed by atoms with van der Waals surface area (Å²) in [7, 11) is 0. The van der Waals surface area contributed by atoms with Crippen LogP contribution in [0.25, 0.3) is 43.8 Å². The van der Waals surface area contributed by atoms with Crippen LogP contribution in [0, 0.1) is 6.92 Å². The third kappa shape index (κ3) is 5.66. The van der Waals surface area contributed by atoms with Gasteiger partial charge in [0.25, 0.3) is 0 Å². The van der Waals surface area contributed by atoms with Crippen LogP contribution in [0.2, 0.25) is 0 Å². The van der Waals surface area contributed by atoms with Gasteiger partial charge in [-0.1, -0.05) is 152 Å². The molecule has 1 unspecified atom stereocenters. The Labute approximate surface area is 329 Å². The second-order valence-corrected chi connectivity index (χ2v) is 14.2. The van der Waals surface area contributed by atoms with E-state index in [1.165, 1.54) is 77.3 Å². The van der Waals surface area contributed by atoms with Gasteiger partial charge < -0.3 is 10.2 Å². The van der Waals surface area contributed by atoms with E-state index in [0.29, 0.717) is 0 Å². The molecule has 0 fully saturated rings. The van der Waals surface area contributed by atoms with E-state index in [1.807, 2.05) is 6.20 Å². The number of benzene rings is 8. The standard InChI is InChI=1S/C51H38N2.CH4S/c1-35-44-22-9-8-16-37(44)27-30-48(35)51(40-18-6-3-7-19-40)49-24-11-10-23-45(49)46-29-26-38-25-28-42(33-47(38)50(46)51)53(43-21-13-31-52-34-43)41-20-12-17-39(32-41)36-14-4-2-5-15-36;1-2/h2-33,52H,34H2,1H3;2H,1H3. The Morgan fingerprint density at radius 3 is 2.04 bits per heavy atom. The summed E-state index contributed by atoms with van der Waals surface area (Å²) in [5.41, 5.74) is 14.5. The topological polar surface area (TPSA) is 15.3 Å². The molecule has 1 aliphatic carbocycles. The van der Waals surface area contributed by atoms with Crippen molar-refractivity contribution in [3.05, 3.63) is 228 Å². The lowest BCUT2D eigenvalue weighted by Crippen LogP contribution is -2.30. The second-order valence-electron chi connectivity index (χ2n) is 14.2. The maximum absolute atomic E-state index is 3.53. The lowest BCUT2D eigenvalue weighted by molar-refractivity contribution is 0.770. The smallest absolute Gasteiger partial charge is 0.0722 e. The normalized spacial score (nSPS) is 15.4. The zero-order chi connectivity index (χ0) is 37.4. The van der Waals surface area contributed by atoms with Gasteiger partial charge in [0.1, 0.15) is 0 Å². The zero-order valence-electron chi connectivity index (χ0n) is 31.1. The number of fused-ring (bicyclic) bond motifs is 6. The molecule has 10 rings (SSSR count). The predicted molar refractivity (Wildman–Crippen MR) is 238 cm³/mol. The molecule has 0 bridgehead atoms. The minimum Gasteiger partial charge on any atom is -0.385 e. The first-order valence-corrected chi connectivity index (χ1v) is 19.8. The number of nitrogens with one attached hydrogen (secondary N) is 1. The molecule has 0 saturated carbocycles. The van der Waals surface area contributed by atoms with Crippen LogP contribution in [-0.4, -0.2) is 12.8 Å². The van der Waals surface area contributed by atoms with Crippen molar-refractivity contribution in [3.8, 4) is 22.3 Å². The van der Waals surface area contributed by atoms with Crippen LogP contribution < -0.4 is 10.2 Å². The first-order valence-electron chi connectivity index (χ1n) is 18.9. The molecule has 1 heterocycles. The van der Waals surface area contributed by atoms with E-state index in [-0.39, 0.29) is 0 Å². The molecule has 8 aromatic carbocycles. The average Bonchev–Trinajstić information content (AvgIpc) is 3.57. The Balaban J connectivity index is 0.00000195. The highest BCUT2D eigenvalue weighted by atomic mass is 32.1. The van der Waals surface area contributed by atoms with Gasteiger partial charge in [-0.3, -0.25) is 0 Å². The summed E-state index contributed by atoms with van der Waals surface area (Å²) in [6.07, 6.45) is 8.05. The summed E-state index contributed by atoms with van der Waals surface area (Å²) in [5.74, 6) is 0. The van der Waals surface area contributed by atoms with E-state index < -0.39 is 5.41 Å². The molecule has 2 nitrogen and oxygen atoms in total. The molecule has 0 aromatic heterocycles. The number of allylic oxidation sites excluding steroid dienone is 2. The highest BCUT2D eigenvalue weighted by Gasteiger charge is 2.48. The van der Waals surface area contributed by atoms with E-state index >= 15 is 0 Å². The van der Waals surface area contributed by atoms with Crippen molar-refractivity contribution in [2.24, 2.45) is 0 Å². The minimum atomic E-state index is -0.536. The van der Waals surface area contributed by atoms with E-state index in [1.54, 1.807) is 6.26 Å². The van der Waals surface area contributed by atoms with Crippen LogP contribution in [0.15, 0.2) is 200 Å². The number of thiol groups is 1. The molecule has 3 heteroatoms. The number of dihydropyridines is 1. The van der Waals surface area contributed by atoms with Crippen LogP contribution in [0.4, 0.5) is 11.4 Å². The van der Waals surface area contributed by atoms with E-state index in [0.717, 1.165) is 17.9 Å². The maximum Gasteiger partial charge on any atom is 0.0722 e. The first kappa shape index (κ1) is 34.5. The van der Waals surface area contributed by atoms with Crippen molar-refractivity contribution in [1.82, 2.24) is 5.32 Å². The predicted octanol–water partition coefficient (Wildman–Crippen LogP) is 13.0. The molecule has 1 aliphatic heterocycles. The summed E-state index contributed by atoms with van der Waals surface area (Å²) in [6, 6.07) is 65.1. The zero-order valence-corrected chi connectivity index (χ0v) is 32.0. The van der Waals surface area contributed by atoms with Gasteiger partial charge in [-0.25, -0.2) is 0 Å². The largest absolute Gasteiger partial charge is 0.385 e. The Morgan fingerprint density at radius 1 is 0.545 bits per heavy atom. The molecular weight excluding hydrogens is 685 g/mol. The maximum atomic E-state index is 3.53. The third-order valence-corrected chi connectivity index (χ3v) is 11.4. The van der Waals surface area contributed by atoms with Crippen molar-refractivity contribution in [2.45, 2.75) is 12.3 Å². The Bertz CT molecular complexity index is 2750. The molecule has 0 saturated heterocycles. The number of aryl methyl sites for hydroxylation is 1. The summed E-state index contributed by atoms with van der Waals surface area (Å²) in [6.45, 7) is 3.05. The van der Waals surface area contributed by atoms with Crippen molar-refractivity contribution in [1.29, 1.82) is 0 Å². The van der Waals surface area contributed by atoms with Gasteiger partial charge in [0.2, 0.25) is 0 Å². The Hall–Kier alpha value is -6.29. The molecule has 8 aromatic rings. The van der Waals surface area contributed by atoms with Gasteiger partial charge in [-0.15, -0.1) is 0 Å². The van der Waals surface area contributed by atoms with Crippen molar-refractivity contribution >= 4 is 45.5 Å². The van der Waals surface area contributed by atoms with E-state index in [2.05, 4.69) is 218 Å². The van der Waals surface area contributed by atoms with E-state index in [9.17, 15) is 0 Å². The fraction of sp³-hybridized carbons (Fsp3) is 0.0769. The summed E-state index contributed by atoms with van der Waals surface area (Å²) >= 11 is 3.53. The molecule has 1 N–H and O–H groups in total. The lowest BCUT2D eigenvalue weighted by Gasteiger charge is -2.36. The fourth-order valence-electron chi connectivity index (χ4n) is 9.05. The molecule has 266 valence electrons. The molecular formula is C52H42N2S. The molecule has 2 aliphatic rings. The Morgan fingerprint density at radius 2 is 1.22 bits per heavy atom. The molecule has 0 amide bonds. The van der Waals surface area contributed by atoms with Crippen LogP contribution in [0.1, 0.15) is 27.8 Å². The molecule has 0 spiro atoms. The molecule has 0 radical (unpaired) electrons. The van der Waals surface area contributed by atoms with Crippen molar-refractivity contribution in [2.75, 3.05) is 17.7 Å². The highest BCUT2D eigenvalue weighted by Crippen LogP contribution is 2.59. The number of anilines is 2. The summed E-state index contributed by atoms with van der Waals surface area (Å²) in [4.78, 5) is 2.43. The van der Waals surface area contributed by atoms with Crippen molar-refractivity contribution < 1.29 is 0 Å². The quantitative estimate of drug-likeness (QED) is 0.166. The van der Waals surface area contributed by atoms with Crippen LogP contribution in [-0.2, 0) is 5.41 Å². The highest BCUT2D eigenvalue weighted by molar-refractivity contribution is 7.79. The fourth-order valence-corrected chi connectivity index (χ4v) is 9.05. The van der Waals surface area contributed by atoms with E-state index in [4.69, 9.17) is 0 Å². The molecule has 1 atom stereocenters. The third-order valence-electron chi connectivity index (χ3n) is 11.4. The monoisotopic (exact) mass is 726 g/mol. The minimum absolute atomic E-state index is 0.536. The lowest BCUT2D eigenvalue weighted by atomic mass is 9.65. The summed E-state index contributed by atoms with van der Waals surface area (Å²) in [5, 5.41) is 8.53. The first-order chi connectivity index (χ1) is 27.2. The van der Waals surface area contributed by atoms with Crippen LogP contribution in [0.3, 0.4) is 0 Å². The molecule has 55 heavy (non-hydrogen) atoms. The number of nitrogens with zero attached hydrogens (tertiary/aromatic N) is 1. The summed E-state index contributed by atoms with van der Waals surface area (Å²) < 4.78 is 0. The average molecular weight is 727 g/mol.